The van der Waals surface area contributed by atoms with Crippen molar-refractivity contribution >= 4 is 11.6 Å². The van der Waals surface area contributed by atoms with Crippen LogP contribution in [0.5, 0.6) is 0 Å². The summed E-state index contributed by atoms with van der Waals surface area (Å²) in [7, 11) is 0. The Balaban J connectivity index is 1.65. The molecule has 3 aromatic rings. The van der Waals surface area contributed by atoms with Crippen molar-refractivity contribution in [3.8, 4) is 0 Å². The van der Waals surface area contributed by atoms with Gasteiger partial charge in [0.25, 0.3) is 0 Å². The van der Waals surface area contributed by atoms with Crippen molar-refractivity contribution in [1.29, 1.82) is 0 Å². The van der Waals surface area contributed by atoms with E-state index in [1.807, 2.05) is 18.2 Å². The van der Waals surface area contributed by atoms with E-state index in [1.165, 1.54) is 16.8 Å². The number of anilines is 1. The predicted molar refractivity (Wildman–Crippen MR) is 69.4 cm³/mol. The van der Waals surface area contributed by atoms with Crippen molar-refractivity contribution < 1.29 is 4.39 Å². The van der Waals surface area contributed by atoms with Gasteiger partial charge >= 0.3 is 0 Å². The zero-order chi connectivity index (χ0) is 13.1. The molecule has 0 aliphatic heterocycles. The summed E-state index contributed by atoms with van der Waals surface area (Å²) < 4.78 is 14.4. The van der Waals surface area contributed by atoms with Crippen molar-refractivity contribution in [1.82, 2.24) is 19.6 Å². The van der Waals surface area contributed by atoms with Gasteiger partial charge in [-0.15, -0.1) is 5.10 Å². The third-order valence-corrected chi connectivity index (χ3v) is 2.69. The third kappa shape index (κ3) is 2.67. The smallest absolute Gasteiger partial charge is 0.243 e. The average molecular weight is 257 g/mol. The van der Waals surface area contributed by atoms with Gasteiger partial charge < -0.3 is 5.32 Å². The van der Waals surface area contributed by atoms with Crippen LogP contribution in [0.3, 0.4) is 0 Å². The number of rotatable bonds is 4. The number of pyridine rings is 2. The molecule has 0 aliphatic carbocycles. The average Bonchev–Trinajstić information content (AvgIpc) is 2.82. The molecule has 3 rings (SSSR count). The highest BCUT2D eigenvalue weighted by Crippen LogP contribution is 2.06. The molecular formula is C13H12FN5. The largest absolute Gasteiger partial charge is 0.353 e. The minimum absolute atomic E-state index is 0.336. The van der Waals surface area contributed by atoms with Gasteiger partial charge in [-0.2, -0.15) is 4.98 Å². The Kier molecular flexibility index (Phi) is 3.06. The van der Waals surface area contributed by atoms with E-state index in [4.69, 9.17) is 0 Å². The normalized spacial score (nSPS) is 10.8. The minimum Gasteiger partial charge on any atom is -0.353 e. The molecule has 3 aromatic heterocycles. The second-order valence-electron chi connectivity index (χ2n) is 4.08. The van der Waals surface area contributed by atoms with E-state index in [0.29, 0.717) is 18.1 Å². The number of aromatic nitrogens is 4. The number of nitrogens with one attached hydrogen (secondary N) is 1. The molecule has 0 saturated heterocycles. The van der Waals surface area contributed by atoms with Crippen LogP contribution in [0.15, 0.2) is 42.7 Å². The Hall–Kier alpha value is -2.50. The molecule has 3 heterocycles. The maximum atomic E-state index is 13.0. The summed E-state index contributed by atoms with van der Waals surface area (Å²) in [6.07, 6.45) is 3.85. The second-order valence-corrected chi connectivity index (χ2v) is 4.08. The lowest BCUT2D eigenvalue weighted by molar-refractivity contribution is 0.615. The Morgan fingerprint density at radius 3 is 3.00 bits per heavy atom. The summed E-state index contributed by atoms with van der Waals surface area (Å²) in [5.74, 6) is 0.152. The first-order chi connectivity index (χ1) is 9.31. The number of nitrogens with zero attached hydrogens (tertiary/aromatic N) is 4. The van der Waals surface area contributed by atoms with Crippen molar-refractivity contribution in [2.45, 2.75) is 6.42 Å². The lowest BCUT2D eigenvalue weighted by atomic mass is 10.3. The van der Waals surface area contributed by atoms with Crippen molar-refractivity contribution in [2.24, 2.45) is 0 Å². The first-order valence-electron chi connectivity index (χ1n) is 5.97. The molecule has 0 amide bonds. The van der Waals surface area contributed by atoms with E-state index in [1.54, 1.807) is 12.3 Å². The summed E-state index contributed by atoms with van der Waals surface area (Å²) in [5, 5.41) is 7.24. The summed E-state index contributed by atoms with van der Waals surface area (Å²) in [5.41, 5.74) is 1.62. The highest BCUT2D eigenvalue weighted by molar-refractivity contribution is 5.43. The van der Waals surface area contributed by atoms with E-state index >= 15 is 0 Å². The molecule has 0 aromatic carbocycles. The summed E-state index contributed by atoms with van der Waals surface area (Å²) in [4.78, 5) is 8.47. The van der Waals surface area contributed by atoms with Crippen LogP contribution in [-0.2, 0) is 6.42 Å². The van der Waals surface area contributed by atoms with Gasteiger partial charge in [-0.1, -0.05) is 6.07 Å². The Morgan fingerprint density at radius 1 is 1.21 bits per heavy atom. The van der Waals surface area contributed by atoms with Crippen LogP contribution in [0.1, 0.15) is 5.69 Å². The van der Waals surface area contributed by atoms with Crippen LogP contribution in [0, 0.1) is 5.82 Å². The molecule has 0 saturated carbocycles. The molecular weight excluding hydrogens is 245 g/mol. The Bertz CT molecular complexity index is 680. The maximum Gasteiger partial charge on any atom is 0.243 e. The molecule has 0 aliphatic rings. The molecule has 0 fully saturated rings. The zero-order valence-corrected chi connectivity index (χ0v) is 10.1. The van der Waals surface area contributed by atoms with Crippen molar-refractivity contribution in [3.05, 3.63) is 54.2 Å². The quantitative estimate of drug-likeness (QED) is 0.775. The lowest BCUT2D eigenvalue weighted by Gasteiger charge is -2.00. The van der Waals surface area contributed by atoms with Crippen LogP contribution in [-0.4, -0.2) is 26.1 Å². The van der Waals surface area contributed by atoms with E-state index in [9.17, 15) is 4.39 Å². The van der Waals surface area contributed by atoms with Gasteiger partial charge in [0.1, 0.15) is 5.82 Å². The number of fused-ring (bicyclic) bond motifs is 1. The van der Waals surface area contributed by atoms with Crippen molar-refractivity contribution in [3.63, 3.8) is 0 Å². The SMILES string of the molecule is Fc1ccc2nc(NCCc3ccccn3)nn2c1. The number of hydrogen-bond donors (Lipinski definition) is 1. The highest BCUT2D eigenvalue weighted by Gasteiger charge is 2.03. The summed E-state index contributed by atoms with van der Waals surface area (Å²) >= 11 is 0. The molecule has 0 radical (unpaired) electrons. The minimum atomic E-state index is -0.336. The summed E-state index contributed by atoms with van der Waals surface area (Å²) in [6.45, 7) is 0.677. The third-order valence-electron chi connectivity index (χ3n) is 2.69. The fraction of sp³-hybridized carbons (Fsp3) is 0.154. The highest BCUT2D eigenvalue weighted by atomic mass is 19.1. The van der Waals surface area contributed by atoms with E-state index in [2.05, 4.69) is 20.4 Å². The second kappa shape index (κ2) is 5.01. The van der Waals surface area contributed by atoms with Gasteiger partial charge in [0, 0.05) is 24.9 Å². The lowest BCUT2D eigenvalue weighted by Crippen LogP contribution is -2.07. The summed E-state index contributed by atoms with van der Waals surface area (Å²) in [6, 6.07) is 8.76. The van der Waals surface area contributed by atoms with Crippen LogP contribution < -0.4 is 5.32 Å². The Morgan fingerprint density at radius 2 is 2.16 bits per heavy atom. The molecule has 0 atom stereocenters. The van der Waals surface area contributed by atoms with Gasteiger partial charge in [-0.3, -0.25) is 4.98 Å². The molecule has 0 bridgehead atoms. The molecule has 6 heteroatoms. The molecule has 1 N–H and O–H groups in total. The van der Waals surface area contributed by atoms with Crippen LogP contribution in [0.4, 0.5) is 10.3 Å². The number of halogens is 1. The van der Waals surface area contributed by atoms with Crippen LogP contribution >= 0.6 is 0 Å². The topological polar surface area (TPSA) is 55.1 Å². The van der Waals surface area contributed by atoms with Crippen LogP contribution in [0.2, 0.25) is 0 Å². The fourth-order valence-electron chi connectivity index (χ4n) is 1.78. The van der Waals surface area contributed by atoms with E-state index in [0.717, 1.165) is 12.1 Å². The number of hydrogen-bond acceptors (Lipinski definition) is 4. The standard InChI is InChI=1S/C13H12FN5/c14-10-4-5-12-17-13(18-19(12)9-10)16-8-6-11-3-1-2-7-15-11/h1-5,7,9H,6,8H2,(H,16,18). The van der Waals surface area contributed by atoms with Gasteiger partial charge in [-0.25, -0.2) is 8.91 Å². The first kappa shape index (κ1) is 11.6. The molecule has 0 unspecified atom stereocenters. The van der Waals surface area contributed by atoms with Crippen molar-refractivity contribution in [2.75, 3.05) is 11.9 Å². The first-order valence-corrected chi connectivity index (χ1v) is 5.97. The molecule has 19 heavy (non-hydrogen) atoms. The van der Waals surface area contributed by atoms with E-state index in [-0.39, 0.29) is 5.82 Å². The van der Waals surface area contributed by atoms with Gasteiger partial charge in [-0.05, 0) is 24.3 Å². The predicted octanol–water partition coefficient (Wildman–Crippen LogP) is 1.92. The maximum absolute atomic E-state index is 13.0. The van der Waals surface area contributed by atoms with E-state index < -0.39 is 0 Å². The molecule has 96 valence electrons. The molecule has 5 nitrogen and oxygen atoms in total. The van der Waals surface area contributed by atoms with Gasteiger partial charge in [0.05, 0.1) is 6.20 Å². The Labute approximate surface area is 109 Å². The van der Waals surface area contributed by atoms with Crippen LogP contribution in [0.25, 0.3) is 5.65 Å². The monoisotopic (exact) mass is 257 g/mol. The molecule has 0 spiro atoms. The zero-order valence-electron chi connectivity index (χ0n) is 10.1. The fourth-order valence-corrected chi connectivity index (χ4v) is 1.78. The van der Waals surface area contributed by atoms with Gasteiger partial charge in [0.2, 0.25) is 5.95 Å². The van der Waals surface area contributed by atoms with Gasteiger partial charge in [0.15, 0.2) is 5.65 Å².